The maximum Gasteiger partial charge on any atom is 0.251 e. The quantitative estimate of drug-likeness (QED) is 0.752. The number of carbonyl (C=O) groups excluding carboxylic acids is 1. The Kier molecular flexibility index (Phi) is 4.33. The molecule has 94 valence electrons. The summed E-state index contributed by atoms with van der Waals surface area (Å²) in [5, 5.41) is 6.32. The normalized spacial score (nSPS) is 20.5. The highest BCUT2D eigenvalue weighted by molar-refractivity contribution is 5.84. The number of methoxy groups -OCH3 is 1. The number of ether oxygens (including phenoxy) is 1. The predicted octanol–water partition coefficient (Wildman–Crippen LogP) is 0.917. The van der Waals surface area contributed by atoms with Crippen LogP contribution in [0.2, 0.25) is 0 Å². The smallest absolute Gasteiger partial charge is 0.251 e. The van der Waals surface area contributed by atoms with Crippen LogP contribution < -0.4 is 10.6 Å². The van der Waals surface area contributed by atoms with Crippen LogP contribution in [0.1, 0.15) is 33.6 Å². The number of hydrogen-bond acceptors (Lipinski definition) is 3. The van der Waals surface area contributed by atoms with Crippen LogP contribution in [0.15, 0.2) is 0 Å². The van der Waals surface area contributed by atoms with Crippen molar-refractivity contribution < 1.29 is 9.53 Å². The first kappa shape index (κ1) is 13.5. The Morgan fingerprint density at radius 2 is 2.00 bits per heavy atom. The Hall–Kier alpha value is -0.610. The average molecular weight is 228 g/mol. The van der Waals surface area contributed by atoms with E-state index in [1.807, 2.05) is 0 Å². The van der Waals surface area contributed by atoms with E-state index in [4.69, 9.17) is 4.74 Å². The Morgan fingerprint density at radius 1 is 1.44 bits per heavy atom. The Balaban J connectivity index is 2.41. The van der Waals surface area contributed by atoms with Crippen molar-refractivity contribution >= 4 is 5.91 Å². The lowest BCUT2D eigenvalue weighted by Gasteiger charge is -2.35. The Morgan fingerprint density at radius 3 is 2.50 bits per heavy atom. The fourth-order valence-electron chi connectivity index (χ4n) is 1.81. The Bertz CT molecular complexity index is 245. The molecule has 0 unspecified atom stereocenters. The van der Waals surface area contributed by atoms with Gasteiger partial charge >= 0.3 is 0 Å². The summed E-state index contributed by atoms with van der Waals surface area (Å²) in [4.78, 5) is 11.8. The monoisotopic (exact) mass is 228 g/mol. The molecule has 0 bridgehead atoms. The number of amides is 1. The number of hydrogen-bond donors (Lipinski definition) is 2. The topological polar surface area (TPSA) is 50.4 Å². The summed E-state index contributed by atoms with van der Waals surface area (Å²) in [6.07, 6.45) is 2.22. The number of piperidine rings is 1. The molecule has 0 spiro atoms. The fraction of sp³-hybridized carbons (Fsp3) is 0.917. The zero-order valence-electron chi connectivity index (χ0n) is 10.9. The molecule has 16 heavy (non-hydrogen) atoms. The average Bonchev–Trinajstić information content (AvgIpc) is 2.27. The van der Waals surface area contributed by atoms with Gasteiger partial charge in [-0.3, -0.25) is 4.79 Å². The van der Waals surface area contributed by atoms with Crippen LogP contribution >= 0.6 is 0 Å². The molecule has 0 aromatic rings. The van der Waals surface area contributed by atoms with E-state index in [2.05, 4.69) is 17.6 Å². The molecule has 0 atom stereocenters. The second-order valence-corrected chi connectivity index (χ2v) is 5.46. The second-order valence-electron chi connectivity index (χ2n) is 5.46. The van der Waals surface area contributed by atoms with Gasteiger partial charge < -0.3 is 15.4 Å². The van der Waals surface area contributed by atoms with E-state index in [1.54, 1.807) is 21.0 Å². The summed E-state index contributed by atoms with van der Waals surface area (Å²) < 4.78 is 5.15. The third-order valence-corrected chi connectivity index (χ3v) is 3.54. The van der Waals surface area contributed by atoms with Crippen LogP contribution in [-0.4, -0.2) is 38.3 Å². The maximum absolute atomic E-state index is 11.8. The van der Waals surface area contributed by atoms with Crippen molar-refractivity contribution in [1.29, 1.82) is 0 Å². The molecule has 1 aliphatic heterocycles. The van der Waals surface area contributed by atoms with Crippen LogP contribution in [-0.2, 0) is 9.53 Å². The zero-order chi connectivity index (χ0) is 12.2. The van der Waals surface area contributed by atoms with Gasteiger partial charge in [0.05, 0.1) is 0 Å². The van der Waals surface area contributed by atoms with Crippen LogP contribution in [0.4, 0.5) is 0 Å². The SMILES string of the molecule is COC(C)(C)C(=O)NCC1(C)CCNCC1. The molecule has 4 heteroatoms. The highest BCUT2D eigenvalue weighted by atomic mass is 16.5. The Labute approximate surface area is 98.1 Å². The molecule has 1 heterocycles. The van der Waals surface area contributed by atoms with Gasteiger partial charge in [-0.05, 0) is 45.2 Å². The first-order valence-corrected chi connectivity index (χ1v) is 5.94. The van der Waals surface area contributed by atoms with Gasteiger partial charge in [0, 0.05) is 13.7 Å². The summed E-state index contributed by atoms with van der Waals surface area (Å²) in [6, 6.07) is 0. The van der Waals surface area contributed by atoms with E-state index in [0.29, 0.717) is 0 Å². The maximum atomic E-state index is 11.8. The van der Waals surface area contributed by atoms with Crippen molar-refractivity contribution in [2.75, 3.05) is 26.7 Å². The molecule has 1 amide bonds. The van der Waals surface area contributed by atoms with Gasteiger partial charge in [-0.25, -0.2) is 0 Å². The van der Waals surface area contributed by atoms with Crippen molar-refractivity contribution in [3.63, 3.8) is 0 Å². The number of carbonyl (C=O) groups is 1. The first-order valence-electron chi connectivity index (χ1n) is 5.94. The van der Waals surface area contributed by atoms with Crippen molar-refractivity contribution in [3.8, 4) is 0 Å². The largest absolute Gasteiger partial charge is 0.369 e. The lowest BCUT2D eigenvalue weighted by atomic mass is 9.81. The van der Waals surface area contributed by atoms with Crippen LogP contribution in [0.3, 0.4) is 0 Å². The molecule has 1 fully saturated rings. The minimum Gasteiger partial charge on any atom is -0.369 e. The third-order valence-electron chi connectivity index (χ3n) is 3.54. The molecule has 1 rings (SSSR count). The number of nitrogens with one attached hydrogen (secondary N) is 2. The fourth-order valence-corrected chi connectivity index (χ4v) is 1.81. The van der Waals surface area contributed by atoms with E-state index in [9.17, 15) is 4.79 Å². The first-order chi connectivity index (χ1) is 7.40. The molecule has 0 saturated carbocycles. The zero-order valence-corrected chi connectivity index (χ0v) is 10.9. The summed E-state index contributed by atoms with van der Waals surface area (Å²) in [7, 11) is 1.56. The molecule has 2 N–H and O–H groups in total. The second kappa shape index (κ2) is 5.15. The molecule has 0 aliphatic carbocycles. The molecule has 1 saturated heterocycles. The van der Waals surface area contributed by atoms with E-state index < -0.39 is 5.60 Å². The van der Waals surface area contributed by atoms with Gasteiger partial charge in [0.1, 0.15) is 5.60 Å². The van der Waals surface area contributed by atoms with E-state index in [-0.39, 0.29) is 11.3 Å². The third kappa shape index (κ3) is 3.46. The van der Waals surface area contributed by atoms with Gasteiger partial charge in [-0.2, -0.15) is 0 Å². The summed E-state index contributed by atoms with van der Waals surface area (Å²) in [5.41, 5.74) is -0.506. The van der Waals surface area contributed by atoms with Crippen LogP contribution in [0.25, 0.3) is 0 Å². The predicted molar refractivity (Wildman–Crippen MR) is 64.3 cm³/mol. The van der Waals surface area contributed by atoms with Gasteiger partial charge in [-0.1, -0.05) is 6.92 Å². The summed E-state index contributed by atoms with van der Waals surface area (Å²) in [5.74, 6) is -0.0326. The molecular formula is C12H24N2O2. The van der Waals surface area contributed by atoms with Gasteiger partial charge in [-0.15, -0.1) is 0 Å². The van der Waals surface area contributed by atoms with Crippen molar-refractivity contribution in [2.24, 2.45) is 5.41 Å². The number of rotatable bonds is 4. The minimum atomic E-state index is -0.733. The van der Waals surface area contributed by atoms with Gasteiger partial charge in [0.2, 0.25) is 0 Å². The molecule has 0 radical (unpaired) electrons. The molecular weight excluding hydrogens is 204 g/mol. The van der Waals surface area contributed by atoms with Crippen molar-refractivity contribution in [2.45, 2.75) is 39.2 Å². The molecule has 0 aromatic heterocycles. The molecule has 0 aromatic carbocycles. The standard InChI is InChI=1S/C12H24N2O2/c1-11(2,16-4)10(15)14-9-12(3)5-7-13-8-6-12/h13H,5-9H2,1-4H3,(H,14,15). The molecule has 4 nitrogen and oxygen atoms in total. The summed E-state index contributed by atoms with van der Waals surface area (Å²) >= 11 is 0. The van der Waals surface area contributed by atoms with Crippen molar-refractivity contribution in [1.82, 2.24) is 10.6 Å². The minimum absolute atomic E-state index is 0.0326. The lowest BCUT2D eigenvalue weighted by Crippen LogP contribution is -2.49. The summed E-state index contributed by atoms with van der Waals surface area (Å²) in [6.45, 7) is 8.62. The molecule has 1 aliphatic rings. The van der Waals surface area contributed by atoms with Crippen molar-refractivity contribution in [3.05, 3.63) is 0 Å². The van der Waals surface area contributed by atoms with Crippen LogP contribution in [0.5, 0.6) is 0 Å². The van der Waals surface area contributed by atoms with E-state index >= 15 is 0 Å². The van der Waals surface area contributed by atoms with E-state index in [0.717, 1.165) is 32.5 Å². The van der Waals surface area contributed by atoms with E-state index in [1.165, 1.54) is 0 Å². The van der Waals surface area contributed by atoms with Crippen LogP contribution in [0, 0.1) is 5.41 Å². The highest BCUT2D eigenvalue weighted by Crippen LogP contribution is 2.26. The van der Waals surface area contributed by atoms with Gasteiger partial charge in [0.15, 0.2) is 0 Å². The highest BCUT2D eigenvalue weighted by Gasteiger charge is 2.31. The van der Waals surface area contributed by atoms with Gasteiger partial charge in [0.25, 0.3) is 5.91 Å². The lowest BCUT2D eigenvalue weighted by molar-refractivity contribution is -0.140.